The Morgan fingerprint density at radius 1 is 1.11 bits per heavy atom. The summed E-state index contributed by atoms with van der Waals surface area (Å²) in [4.78, 5) is 42.5. The number of anilines is 1. The van der Waals surface area contributed by atoms with Crippen molar-refractivity contribution in [3.8, 4) is 0 Å². The van der Waals surface area contributed by atoms with Crippen LogP contribution in [0.1, 0.15) is 55.6 Å². The minimum Gasteiger partial charge on any atom is -0.444 e. The lowest BCUT2D eigenvalue weighted by Gasteiger charge is -2.33. The summed E-state index contributed by atoms with van der Waals surface area (Å²) in [5, 5.41) is 8.02. The van der Waals surface area contributed by atoms with Crippen LogP contribution in [0, 0.1) is 5.82 Å². The van der Waals surface area contributed by atoms with Crippen molar-refractivity contribution in [2.75, 3.05) is 18.4 Å². The predicted octanol–water partition coefficient (Wildman–Crippen LogP) is 4.68. The summed E-state index contributed by atoms with van der Waals surface area (Å²) < 4.78 is 21.3. The van der Waals surface area contributed by atoms with Crippen molar-refractivity contribution in [2.24, 2.45) is 0 Å². The number of piperidine rings is 1. The standard InChI is InChI=1S/C27H28FN5O4/c1-27(2,3)37-26(36)32-13-11-16(12-14-32)21-15-22(34)30-24-23-19(9-6-10-20(23)31-33(21)24)29-25(35)17-7-4-5-8-18(17)28/h4-10,15-16H,11-14H2,1-3H3,(H,29,35)(H,30,34). The van der Waals surface area contributed by atoms with Gasteiger partial charge in [0, 0.05) is 25.1 Å². The van der Waals surface area contributed by atoms with Crippen molar-refractivity contribution < 1.29 is 18.7 Å². The first-order chi connectivity index (χ1) is 17.6. The van der Waals surface area contributed by atoms with E-state index in [-0.39, 0.29) is 23.1 Å². The second-order valence-corrected chi connectivity index (χ2v) is 10.2. The largest absolute Gasteiger partial charge is 0.444 e. The normalized spacial score (nSPS) is 14.8. The molecular formula is C27H28FN5O4. The second kappa shape index (κ2) is 9.34. The van der Waals surface area contributed by atoms with Crippen molar-refractivity contribution >= 4 is 34.2 Å². The average Bonchev–Trinajstić information content (AvgIpc) is 3.22. The number of rotatable bonds is 3. The van der Waals surface area contributed by atoms with E-state index in [1.54, 1.807) is 33.7 Å². The molecule has 1 saturated heterocycles. The highest BCUT2D eigenvalue weighted by molar-refractivity contribution is 6.12. The fourth-order valence-electron chi connectivity index (χ4n) is 4.70. The molecule has 2 aromatic heterocycles. The molecule has 9 nitrogen and oxygen atoms in total. The monoisotopic (exact) mass is 505 g/mol. The van der Waals surface area contributed by atoms with E-state index < -0.39 is 17.3 Å². The van der Waals surface area contributed by atoms with E-state index in [0.717, 1.165) is 5.69 Å². The van der Waals surface area contributed by atoms with Crippen LogP contribution in [0.25, 0.3) is 16.6 Å². The molecule has 5 rings (SSSR count). The fourth-order valence-corrected chi connectivity index (χ4v) is 4.70. The number of carbonyl (C=O) groups excluding carboxylic acids is 2. The van der Waals surface area contributed by atoms with E-state index in [4.69, 9.17) is 9.84 Å². The Morgan fingerprint density at radius 3 is 2.54 bits per heavy atom. The van der Waals surface area contributed by atoms with Gasteiger partial charge in [0.2, 0.25) is 0 Å². The van der Waals surface area contributed by atoms with Crippen molar-refractivity contribution in [3.63, 3.8) is 0 Å². The Labute approximate surface area is 212 Å². The third kappa shape index (κ3) is 4.91. The molecule has 0 aliphatic carbocycles. The van der Waals surface area contributed by atoms with Crippen molar-refractivity contribution in [2.45, 2.75) is 45.1 Å². The van der Waals surface area contributed by atoms with Crippen LogP contribution >= 0.6 is 0 Å². The molecule has 0 spiro atoms. The number of nitrogens with one attached hydrogen (secondary N) is 2. The van der Waals surface area contributed by atoms with Gasteiger partial charge in [0.15, 0.2) is 0 Å². The van der Waals surface area contributed by atoms with Gasteiger partial charge in [-0.05, 0) is 57.9 Å². The summed E-state index contributed by atoms with van der Waals surface area (Å²) in [5.41, 5.74) is 1.20. The number of ether oxygens (including phenoxy) is 1. The summed E-state index contributed by atoms with van der Waals surface area (Å²) >= 11 is 0. The van der Waals surface area contributed by atoms with E-state index in [2.05, 4.69) is 10.3 Å². The average molecular weight is 506 g/mol. The highest BCUT2D eigenvalue weighted by atomic mass is 19.1. The lowest BCUT2D eigenvalue weighted by atomic mass is 9.93. The Hall–Kier alpha value is -4.21. The summed E-state index contributed by atoms with van der Waals surface area (Å²) in [7, 11) is 0. The van der Waals surface area contributed by atoms with Gasteiger partial charge in [0.25, 0.3) is 11.5 Å². The topological polar surface area (TPSA) is 109 Å². The smallest absolute Gasteiger partial charge is 0.410 e. The molecule has 1 aliphatic rings. The first-order valence-corrected chi connectivity index (χ1v) is 12.2. The zero-order chi connectivity index (χ0) is 26.3. The van der Waals surface area contributed by atoms with Crippen LogP contribution in [0.5, 0.6) is 0 Å². The van der Waals surface area contributed by atoms with Crippen LogP contribution in [-0.4, -0.2) is 50.2 Å². The van der Waals surface area contributed by atoms with Crippen molar-refractivity contribution in [3.05, 3.63) is 76.0 Å². The number of fused-ring (bicyclic) bond motifs is 3. The minimum absolute atomic E-state index is 0.00532. The molecule has 0 unspecified atom stereocenters. The highest BCUT2D eigenvalue weighted by Gasteiger charge is 2.29. The van der Waals surface area contributed by atoms with Crippen LogP contribution in [-0.2, 0) is 4.74 Å². The molecule has 37 heavy (non-hydrogen) atoms. The van der Waals surface area contributed by atoms with Crippen LogP contribution in [0.15, 0.2) is 53.3 Å². The van der Waals surface area contributed by atoms with Gasteiger partial charge in [-0.15, -0.1) is 0 Å². The lowest BCUT2D eigenvalue weighted by molar-refractivity contribution is 0.0203. The summed E-state index contributed by atoms with van der Waals surface area (Å²) in [6.07, 6.45) is 0.942. The molecule has 0 radical (unpaired) electrons. The molecule has 0 bridgehead atoms. The number of aromatic nitrogens is 3. The highest BCUT2D eigenvalue weighted by Crippen LogP contribution is 2.32. The number of hydrogen-bond acceptors (Lipinski definition) is 5. The minimum atomic E-state index is -0.625. The number of nitrogens with zero attached hydrogens (tertiary/aromatic N) is 3. The molecule has 3 heterocycles. The quantitative estimate of drug-likeness (QED) is 0.420. The molecule has 2 aromatic carbocycles. The number of likely N-dealkylation sites (tertiary alicyclic amines) is 1. The zero-order valence-electron chi connectivity index (χ0n) is 20.9. The van der Waals surface area contributed by atoms with Crippen LogP contribution < -0.4 is 10.9 Å². The van der Waals surface area contributed by atoms with Gasteiger partial charge in [-0.25, -0.2) is 13.7 Å². The Morgan fingerprint density at radius 2 is 1.84 bits per heavy atom. The molecule has 2 amide bonds. The summed E-state index contributed by atoms with van der Waals surface area (Å²) in [6, 6.07) is 12.5. The Balaban J connectivity index is 1.47. The van der Waals surface area contributed by atoms with Crippen LogP contribution in [0.3, 0.4) is 0 Å². The molecule has 10 heteroatoms. The molecule has 1 aliphatic heterocycles. The number of benzene rings is 2. The third-order valence-electron chi connectivity index (χ3n) is 6.40. The van der Waals surface area contributed by atoms with Gasteiger partial charge >= 0.3 is 6.09 Å². The summed E-state index contributed by atoms with van der Waals surface area (Å²) in [6.45, 7) is 6.50. The third-order valence-corrected chi connectivity index (χ3v) is 6.40. The van der Waals surface area contributed by atoms with Crippen LogP contribution in [0.4, 0.5) is 14.9 Å². The maximum atomic E-state index is 14.2. The molecule has 192 valence electrons. The van der Waals surface area contributed by atoms with E-state index in [0.29, 0.717) is 48.2 Å². The lowest BCUT2D eigenvalue weighted by Crippen LogP contribution is -2.41. The molecular weight excluding hydrogens is 477 g/mol. The molecule has 4 aromatic rings. The molecule has 2 N–H and O–H groups in total. The Kier molecular flexibility index (Phi) is 6.18. The molecule has 0 saturated carbocycles. The van der Waals surface area contributed by atoms with Gasteiger partial charge in [-0.3, -0.25) is 9.59 Å². The van der Waals surface area contributed by atoms with Gasteiger partial charge in [-0.1, -0.05) is 18.2 Å². The number of halogens is 1. The van der Waals surface area contributed by atoms with E-state index in [9.17, 15) is 18.8 Å². The summed E-state index contributed by atoms with van der Waals surface area (Å²) in [5.74, 6) is -1.23. The van der Waals surface area contributed by atoms with Gasteiger partial charge in [0.1, 0.15) is 17.1 Å². The van der Waals surface area contributed by atoms with E-state index in [1.165, 1.54) is 24.3 Å². The van der Waals surface area contributed by atoms with Gasteiger partial charge in [-0.2, -0.15) is 5.10 Å². The van der Waals surface area contributed by atoms with E-state index >= 15 is 0 Å². The number of carbonyl (C=O) groups is 2. The number of H-pyrrole nitrogens is 1. The maximum Gasteiger partial charge on any atom is 0.410 e. The number of aromatic amines is 1. The number of hydrogen-bond donors (Lipinski definition) is 2. The second-order valence-electron chi connectivity index (χ2n) is 10.2. The Bertz CT molecular complexity index is 1560. The molecule has 0 atom stereocenters. The first-order valence-electron chi connectivity index (χ1n) is 12.2. The van der Waals surface area contributed by atoms with Crippen molar-refractivity contribution in [1.82, 2.24) is 19.5 Å². The number of amides is 2. The van der Waals surface area contributed by atoms with Crippen molar-refractivity contribution in [1.29, 1.82) is 0 Å². The molecule has 1 fully saturated rings. The van der Waals surface area contributed by atoms with Crippen LogP contribution in [0.2, 0.25) is 0 Å². The fraction of sp³-hybridized carbons (Fsp3) is 0.333. The first kappa shape index (κ1) is 24.5. The SMILES string of the molecule is CC(C)(C)OC(=O)N1CCC(c2cc(=O)[nH]c3c4c(NC(=O)c5ccccc5F)cccc4nn23)CC1. The van der Waals surface area contributed by atoms with E-state index in [1.807, 2.05) is 20.8 Å². The maximum absolute atomic E-state index is 14.2. The van der Waals surface area contributed by atoms with Gasteiger partial charge in [0.05, 0.1) is 27.8 Å². The predicted molar refractivity (Wildman–Crippen MR) is 137 cm³/mol. The van der Waals surface area contributed by atoms with Gasteiger partial charge < -0.3 is 19.9 Å². The zero-order valence-corrected chi connectivity index (χ0v) is 20.9.